The van der Waals surface area contributed by atoms with Gasteiger partial charge in [-0.3, -0.25) is 0 Å². The molecule has 3 heteroatoms. The highest BCUT2D eigenvalue weighted by Gasteiger charge is 2.28. The Labute approximate surface area is 140 Å². The van der Waals surface area contributed by atoms with Crippen LogP contribution in [0.3, 0.4) is 0 Å². The van der Waals surface area contributed by atoms with Crippen LogP contribution in [0.15, 0.2) is 99.6 Å². The van der Waals surface area contributed by atoms with E-state index in [0.29, 0.717) is 0 Å². The second-order valence-corrected chi connectivity index (χ2v) is 6.98. The summed E-state index contributed by atoms with van der Waals surface area (Å²) in [7, 11) is 1.51. The van der Waals surface area contributed by atoms with Crippen LogP contribution in [0.1, 0.15) is 0 Å². The summed E-state index contributed by atoms with van der Waals surface area (Å²) in [6, 6.07) is 29.5. The smallest absolute Gasteiger partial charge is 0.188 e. The Bertz CT molecular complexity index is 672. The highest BCUT2D eigenvalue weighted by molar-refractivity contribution is 7.97. The summed E-state index contributed by atoms with van der Waals surface area (Å²) in [6.07, 6.45) is 0. The summed E-state index contributed by atoms with van der Waals surface area (Å²) in [5, 5.41) is 0. The van der Waals surface area contributed by atoms with Crippen molar-refractivity contribution in [3.8, 4) is 5.75 Å². The van der Waals surface area contributed by atoms with Crippen molar-refractivity contribution in [3.63, 3.8) is 0 Å². The maximum Gasteiger partial charge on any atom is 0.188 e. The zero-order valence-corrected chi connectivity index (χ0v) is 13.8. The predicted molar refractivity (Wildman–Crippen MR) is 94.0 cm³/mol. The number of hydrogen-bond donors (Lipinski definition) is 0. The molecule has 0 heterocycles. The molecule has 0 saturated heterocycles. The van der Waals surface area contributed by atoms with Gasteiger partial charge in [-0.25, -0.2) is 0 Å². The molecule has 0 spiro atoms. The summed E-state index contributed by atoms with van der Waals surface area (Å²) < 4.78 is 10.4. The van der Waals surface area contributed by atoms with Crippen molar-refractivity contribution in [2.45, 2.75) is 14.7 Å². The lowest BCUT2D eigenvalue weighted by atomic mass is 10.3. The molecule has 0 aliphatic carbocycles. The summed E-state index contributed by atoms with van der Waals surface area (Å²) in [4.78, 5) is 3.89. The normalized spacial score (nSPS) is 10.7. The molecule has 0 bridgehead atoms. The van der Waals surface area contributed by atoms with E-state index in [1.807, 2.05) is 12.1 Å². The number of ether oxygens (including phenoxy) is 2. The third-order valence-electron chi connectivity index (χ3n) is 3.36. The Hall–Kier alpha value is -2.23. The molecule has 0 atom stereocenters. The van der Waals surface area contributed by atoms with Crippen LogP contribution in [0, 0.1) is 0 Å². The average molecular weight is 323 g/mol. The maximum atomic E-state index is 5.48. The minimum atomic E-state index is -0.115. The van der Waals surface area contributed by atoms with E-state index in [0.717, 1.165) is 5.75 Å². The molecule has 116 valence electrons. The minimum absolute atomic E-state index is 0.115. The maximum absolute atomic E-state index is 5.48. The first kappa shape index (κ1) is 15.7. The third-order valence-corrected chi connectivity index (χ3v) is 5.59. The molecular formula is C20H19O2S+. The first-order valence-electron chi connectivity index (χ1n) is 7.44. The third kappa shape index (κ3) is 3.95. The van der Waals surface area contributed by atoms with Gasteiger partial charge in [0.25, 0.3) is 0 Å². The van der Waals surface area contributed by atoms with E-state index in [4.69, 9.17) is 9.47 Å². The first-order chi connectivity index (χ1) is 11.4. The zero-order valence-electron chi connectivity index (χ0n) is 13.0. The topological polar surface area (TPSA) is 18.5 Å². The van der Waals surface area contributed by atoms with Crippen molar-refractivity contribution in [2.24, 2.45) is 0 Å². The molecule has 2 nitrogen and oxygen atoms in total. The summed E-state index contributed by atoms with van der Waals surface area (Å²) in [6.45, 7) is 0.266. The van der Waals surface area contributed by atoms with Crippen LogP contribution in [0.2, 0.25) is 0 Å². The number of rotatable bonds is 6. The van der Waals surface area contributed by atoms with Gasteiger partial charge < -0.3 is 9.47 Å². The van der Waals surface area contributed by atoms with Crippen LogP contribution < -0.4 is 4.74 Å². The molecule has 0 fully saturated rings. The number of benzene rings is 3. The van der Waals surface area contributed by atoms with Crippen LogP contribution in [0.25, 0.3) is 0 Å². The van der Waals surface area contributed by atoms with E-state index >= 15 is 0 Å². The molecule has 0 amide bonds. The van der Waals surface area contributed by atoms with E-state index < -0.39 is 0 Å². The van der Waals surface area contributed by atoms with E-state index in [2.05, 4.69) is 72.8 Å². The predicted octanol–water partition coefficient (Wildman–Crippen LogP) is 4.76. The molecular weight excluding hydrogens is 304 g/mol. The molecule has 3 rings (SSSR count). The Balaban J connectivity index is 1.96. The average Bonchev–Trinajstić information content (AvgIpc) is 2.63. The molecule has 0 aromatic heterocycles. The van der Waals surface area contributed by atoms with Crippen molar-refractivity contribution in [3.05, 3.63) is 84.9 Å². The molecule has 0 N–H and O–H groups in total. The SMILES string of the molecule is COCOc1ccc([S+](c2ccccc2)c2ccccc2)cc1. The van der Waals surface area contributed by atoms with Gasteiger partial charge in [0.1, 0.15) is 5.75 Å². The molecule has 0 radical (unpaired) electrons. The first-order valence-corrected chi connectivity index (χ1v) is 8.67. The van der Waals surface area contributed by atoms with Gasteiger partial charge in [0, 0.05) is 7.11 Å². The second kappa shape index (κ2) is 7.86. The van der Waals surface area contributed by atoms with Crippen molar-refractivity contribution in [2.75, 3.05) is 13.9 Å². The fourth-order valence-electron chi connectivity index (χ4n) is 2.32. The molecule has 0 saturated carbocycles. The van der Waals surface area contributed by atoms with Gasteiger partial charge in [0.2, 0.25) is 0 Å². The van der Waals surface area contributed by atoms with E-state index in [-0.39, 0.29) is 17.7 Å². The van der Waals surface area contributed by atoms with Gasteiger partial charge in [-0.05, 0) is 48.5 Å². The highest BCUT2D eigenvalue weighted by Crippen LogP contribution is 2.31. The summed E-state index contributed by atoms with van der Waals surface area (Å²) in [5.41, 5.74) is 0. The number of hydrogen-bond acceptors (Lipinski definition) is 2. The van der Waals surface area contributed by atoms with E-state index in [9.17, 15) is 0 Å². The largest absolute Gasteiger partial charge is 0.468 e. The lowest BCUT2D eigenvalue weighted by molar-refractivity contribution is 0.0511. The molecule has 3 aromatic rings. The molecule has 23 heavy (non-hydrogen) atoms. The van der Waals surface area contributed by atoms with Crippen LogP contribution in [-0.4, -0.2) is 13.9 Å². The standard InChI is InChI=1S/C20H19O2S/c1-21-16-22-17-12-14-20(15-13-17)23(18-8-4-2-5-9-18)19-10-6-3-7-11-19/h2-15H,16H2,1H3/q+1. The van der Waals surface area contributed by atoms with Crippen molar-refractivity contribution in [1.82, 2.24) is 0 Å². The summed E-state index contributed by atoms with van der Waals surface area (Å²) in [5.74, 6) is 0.820. The summed E-state index contributed by atoms with van der Waals surface area (Å²) >= 11 is 0. The van der Waals surface area contributed by atoms with E-state index in [1.54, 1.807) is 7.11 Å². The van der Waals surface area contributed by atoms with Gasteiger partial charge in [0.05, 0.1) is 10.9 Å². The van der Waals surface area contributed by atoms with Crippen LogP contribution in [0.5, 0.6) is 5.75 Å². The Morgan fingerprint density at radius 1 is 0.652 bits per heavy atom. The van der Waals surface area contributed by atoms with Gasteiger partial charge in [-0.2, -0.15) is 0 Å². The number of methoxy groups -OCH3 is 1. The van der Waals surface area contributed by atoms with Gasteiger partial charge >= 0.3 is 0 Å². The molecule has 3 aromatic carbocycles. The monoisotopic (exact) mass is 323 g/mol. The van der Waals surface area contributed by atoms with Crippen LogP contribution in [0.4, 0.5) is 0 Å². The van der Waals surface area contributed by atoms with Crippen molar-refractivity contribution in [1.29, 1.82) is 0 Å². The molecule has 0 unspecified atom stereocenters. The minimum Gasteiger partial charge on any atom is -0.468 e. The van der Waals surface area contributed by atoms with Crippen LogP contribution >= 0.6 is 0 Å². The lowest BCUT2D eigenvalue weighted by Gasteiger charge is -2.09. The molecule has 0 aliphatic heterocycles. The van der Waals surface area contributed by atoms with Crippen molar-refractivity contribution < 1.29 is 9.47 Å². The fourth-order valence-corrected chi connectivity index (χ4v) is 4.40. The Kier molecular flexibility index (Phi) is 5.35. The quantitative estimate of drug-likeness (QED) is 0.481. The zero-order chi connectivity index (χ0) is 15.9. The lowest BCUT2D eigenvalue weighted by Crippen LogP contribution is -2.05. The Morgan fingerprint density at radius 2 is 1.13 bits per heavy atom. The van der Waals surface area contributed by atoms with Gasteiger partial charge in [-0.1, -0.05) is 36.4 Å². The van der Waals surface area contributed by atoms with Gasteiger partial charge in [0.15, 0.2) is 21.5 Å². The fraction of sp³-hybridized carbons (Fsp3) is 0.100. The van der Waals surface area contributed by atoms with Crippen LogP contribution in [-0.2, 0) is 15.6 Å². The molecule has 0 aliphatic rings. The highest BCUT2D eigenvalue weighted by atomic mass is 32.2. The Morgan fingerprint density at radius 3 is 1.61 bits per heavy atom. The van der Waals surface area contributed by atoms with Gasteiger partial charge in [-0.15, -0.1) is 0 Å². The van der Waals surface area contributed by atoms with E-state index in [1.165, 1.54) is 14.7 Å². The second-order valence-electron chi connectivity index (χ2n) is 4.95. The van der Waals surface area contributed by atoms with Crippen molar-refractivity contribution >= 4 is 10.9 Å².